The van der Waals surface area contributed by atoms with Gasteiger partial charge in [0.15, 0.2) is 5.96 Å². The molecular formula is C21H35ClIN5O2. The standard InChI is InChI=1S/C21H34ClN5O2.HI/c1-5-23-21(24-14-19(29-4)16-7-6-8-17(22)13-16)25-18-9-11-27(12-10-18)15-20(28)26(2)3;/h6-8,13,18-19H,5,9-12,14-15H2,1-4H3,(H2,23,24,25);1H. The number of halogens is 2. The van der Waals surface area contributed by atoms with E-state index >= 15 is 0 Å². The molecule has 170 valence electrons. The fourth-order valence-electron chi connectivity index (χ4n) is 3.28. The molecule has 0 bridgehead atoms. The van der Waals surface area contributed by atoms with Crippen LogP contribution < -0.4 is 10.6 Å². The van der Waals surface area contributed by atoms with Gasteiger partial charge in [-0.2, -0.15) is 0 Å². The number of methoxy groups -OCH3 is 1. The number of guanidine groups is 1. The average molecular weight is 552 g/mol. The van der Waals surface area contributed by atoms with Crippen LogP contribution in [-0.2, 0) is 9.53 Å². The summed E-state index contributed by atoms with van der Waals surface area (Å²) in [6.45, 7) is 5.64. The minimum atomic E-state index is -0.150. The molecule has 1 aliphatic rings. The molecule has 9 heteroatoms. The Morgan fingerprint density at radius 2 is 2.07 bits per heavy atom. The van der Waals surface area contributed by atoms with Gasteiger partial charge in [0.1, 0.15) is 6.10 Å². The highest BCUT2D eigenvalue weighted by molar-refractivity contribution is 14.0. The first-order valence-corrected chi connectivity index (χ1v) is 10.6. The molecule has 0 radical (unpaired) electrons. The van der Waals surface area contributed by atoms with E-state index in [9.17, 15) is 4.79 Å². The molecule has 0 aromatic heterocycles. The Morgan fingerprint density at radius 1 is 1.37 bits per heavy atom. The van der Waals surface area contributed by atoms with Gasteiger partial charge in [0.05, 0.1) is 13.1 Å². The maximum atomic E-state index is 11.9. The third-order valence-corrected chi connectivity index (χ3v) is 5.29. The van der Waals surface area contributed by atoms with Gasteiger partial charge < -0.3 is 20.3 Å². The van der Waals surface area contributed by atoms with Crippen LogP contribution in [0.15, 0.2) is 29.3 Å². The number of rotatable bonds is 8. The van der Waals surface area contributed by atoms with E-state index in [2.05, 4.69) is 22.5 Å². The summed E-state index contributed by atoms with van der Waals surface area (Å²) >= 11 is 6.10. The lowest BCUT2D eigenvalue weighted by Gasteiger charge is -2.33. The summed E-state index contributed by atoms with van der Waals surface area (Å²) in [5.74, 6) is 0.942. The predicted molar refractivity (Wildman–Crippen MR) is 134 cm³/mol. The van der Waals surface area contributed by atoms with Crippen LogP contribution in [0, 0.1) is 0 Å². The molecule has 1 atom stereocenters. The molecule has 1 saturated heterocycles. The van der Waals surface area contributed by atoms with Crippen molar-refractivity contribution in [3.63, 3.8) is 0 Å². The zero-order chi connectivity index (χ0) is 21.2. The molecule has 1 aliphatic heterocycles. The summed E-state index contributed by atoms with van der Waals surface area (Å²) in [5.41, 5.74) is 1.01. The third kappa shape index (κ3) is 8.95. The van der Waals surface area contributed by atoms with Crippen molar-refractivity contribution in [1.29, 1.82) is 0 Å². The molecule has 2 N–H and O–H groups in total. The molecule has 1 aromatic rings. The number of hydrogen-bond donors (Lipinski definition) is 2. The Bertz CT molecular complexity index is 681. The number of nitrogens with zero attached hydrogens (tertiary/aromatic N) is 3. The van der Waals surface area contributed by atoms with Crippen molar-refractivity contribution in [2.24, 2.45) is 4.99 Å². The minimum absolute atomic E-state index is 0. The third-order valence-electron chi connectivity index (χ3n) is 5.05. The number of likely N-dealkylation sites (tertiary alicyclic amines) is 1. The number of nitrogens with one attached hydrogen (secondary N) is 2. The number of piperidine rings is 1. The lowest BCUT2D eigenvalue weighted by molar-refractivity contribution is -0.130. The Labute approximate surface area is 202 Å². The van der Waals surface area contributed by atoms with Gasteiger partial charge in [-0.15, -0.1) is 24.0 Å². The number of ether oxygens (including phenoxy) is 1. The van der Waals surface area contributed by atoms with Crippen LogP contribution in [0.3, 0.4) is 0 Å². The van der Waals surface area contributed by atoms with Gasteiger partial charge in [0.2, 0.25) is 5.91 Å². The Morgan fingerprint density at radius 3 is 2.63 bits per heavy atom. The quantitative estimate of drug-likeness (QED) is 0.295. The molecule has 7 nitrogen and oxygen atoms in total. The number of carbonyl (C=O) groups is 1. The van der Waals surface area contributed by atoms with E-state index in [1.165, 1.54) is 0 Å². The van der Waals surface area contributed by atoms with Gasteiger partial charge in [-0.25, -0.2) is 0 Å². The number of aliphatic imine (C=N–C) groups is 1. The Hall–Kier alpha value is -1.10. The maximum Gasteiger partial charge on any atom is 0.236 e. The second-order valence-electron chi connectivity index (χ2n) is 7.48. The molecule has 30 heavy (non-hydrogen) atoms. The van der Waals surface area contributed by atoms with E-state index in [4.69, 9.17) is 21.3 Å². The van der Waals surface area contributed by atoms with Crippen molar-refractivity contribution in [2.75, 3.05) is 53.9 Å². The van der Waals surface area contributed by atoms with E-state index < -0.39 is 0 Å². The van der Waals surface area contributed by atoms with E-state index in [1.54, 1.807) is 26.1 Å². The summed E-state index contributed by atoms with van der Waals surface area (Å²) in [5, 5.41) is 7.54. The molecule has 0 saturated carbocycles. The lowest BCUT2D eigenvalue weighted by atomic mass is 10.1. The number of likely N-dealkylation sites (N-methyl/N-ethyl adjacent to an activating group) is 1. The van der Waals surface area contributed by atoms with Crippen molar-refractivity contribution in [3.05, 3.63) is 34.9 Å². The van der Waals surface area contributed by atoms with Crippen LogP contribution in [0.5, 0.6) is 0 Å². The smallest absolute Gasteiger partial charge is 0.236 e. The largest absolute Gasteiger partial charge is 0.375 e. The van der Waals surface area contributed by atoms with Crippen LogP contribution in [0.25, 0.3) is 0 Å². The zero-order valence-electron chi connectivity index (χ0n) is 18.4. The van der Waals surface area contributed by atoms with E-state index in [-0.39, 0.29) is 36.0 Å². The number of amides is 1. The number of hydrogen-bond acceptors (Lipinski definition) is 4. The molecule has 1 amide bonds. The van der Waals surface area contributed by atoms with Gasteiger partial charge in [-0.1, -0.05) is 23.7 Å². The second-order valence-corrected chi connectivity index (χ2v) is 7.92. The molecule has 1 unspecified atom stereocenters. The summed E-state index contributed by atoms with van der Waals surface area (Å²) in [6, 6.07) is 8.03. The topological polar surface area (TPSA) is 69.2 Å². The molecule has 2 rings (SSSR count). The van der Waals surface area contributed by atoms with Crippen molar-refractivity contribution < 1.29 is 9.53 Å². The first-order valence-electron chi connectivity index (χ1n) is 10.2. The minimum Gasteiger partial charge on any atom is -0.375 e. The predicted octanol–water partition coefficient (Wildman–Crippen LogP) is 2.75. The van der Waals surface area contributed by atoms with Gasteiger partial charge in [-0.3, -0.25) is 14.7 Å². The zero-order valence-corrected chi connectivity index (χ0v) is 21.4. The first-order chi connectivity index (χ1) is 13.9. The molecule has 1 heterocycles. The fraction of sp³-hybridized carbons (Fsp3) is 0.619. The van der Waals surface area contributed by atoms with Crippen molar-refractivity contribution in [3.8, 4) is 0 Å². The van der Waals surface area contributed by atoms with Crippen LogP contribution in [-0.4, -0.2) is 81.6 Å². The monoisotopic (exact) mass is 551 g/mol. The van der Waals surface area contributed by atoms with E-state index in [0.29, 0.717) is 24.2 Å². The van der Waals surface area contributed by atoms with Crippen LogP contribution in [0.1, 0.15) is 31.4 Å². The van der Waals surface area contributed by atoms with Gasteiger partial charge in [0.25, 0.3) is 0 Å². The molecular weight excluding hydrogens is 517 g/mol. The second kappa shape index (κ2) is 14.1. The lowest BCUT2D eigenvalue weighted by Crippen LogP contribution is -2.50. The normalized spacial score (nSPS) is 16.5. The Balaban J connectivity index is 0.00000450. The highest BCUT2D eigenvalue weighted by Crippen LogP contribution is 2.20. The summed E-state index contributed by atoms with van der Waals surface area (Å²) in [7, 11) is 5.28. The van der Waals surface area contributed by atoms with Gasteiger partial charge >= 0.3 is 0 Å². The molecule has 0 spiro atoms. The SMILES string of the molecule is CCNC(=NCC(OC)c1cccc(Cl)c1)NC1CCN(CC(=O)N(C)C)CC1.I. The average Bonchev–Trinajstić information content (AvgIpc) is 2.70. The number of benzene rings is 1. The van der Waals surface area contributed by atoms with Crippen molar-refractivity contribution in [2.45, 2.75) is 31.9 Å². The summed E-state index contributed by atoms with van der Waals surface area (Å²) in [6.07, 6.45) is 1.81. The molecule has 1 fully saturated rings. The Kier molecular flexibility index (Phi) is 12.6. The van der Waals surface area contributed by atoms with Gasteiger partial charge in [-0.05, 0) is 37.5 Å². The highest BCUT2D eigenvalue weighted by Gasteiger charge is 2.22. The first kappa shape index (κ1) is 26.9. The highest BCUT2D eigenvalue weighted by atomic mass is 127. The van der Waals surface area contributed by atoms with Crippen molar-refractivity contribution >= 4 is 47.4 Å². The van der Waals surface area contributed by atoms with Crippen LogP contribution >= 0.6 is 35.6 Å². The maximum absolute atomic E-state index is 11.9. The summed E-state index contributed by atoms with van der Waals surface area (Å²) < 4.78 is 5.62. The van der Waals surface area contributed by atoms with E-state index in [1.807, 2.05) is 24.3 Å². The van der Waals surface area contributed by atoms with Crippen LogP contribution in [0.4, 0.5) is 0 Å². The summed E-state index contributed by atoms with van der Waals surface area (Å²) in [4.78, 5) is 20.5. The van der Waals surface area contributed by atoms with Gasteiger partial charge in [0, 0.05) is 51.9 Å². The van der Waals surface area contributed by atoms with Crippen LogP contribution in [0.2, 0.25) is 5.02 Å². The number of carbonyl (C=O) groups excluding carboxylic acids is 1. The van der Waals surface area contributed by atoms with Crippen molar-refractivity contribution in [1.82, 2.24) is 20.4 Å². The molecule has 0 aliphatic carbocycles. The molecule has 1 aromatic carbocycles. The van der Waals surface area contributed by atoms with E-state index in [0.717, 1.165) is 44.0 Å². The fourth-order valence-corrected chi connectivity index (χ4v) is 3.48.